The predicted molar refractivity (Wildman–Crippen MR) is 170 cm³/mol. The first-order valence-corrected chi connectivity index (χ1v) is 15.7. The van der Waals surface area contributed by atoms with Crippen molar-refractivity contribution in [2.24, 2.45) is 30.7 Å². The summed E-state index contributed by atoms with van der Waals surface area (Å²) in [5.41, 5.74) is 18.2. The van der Waals surface area contributed by atoms with Crippen LogP contribution in [0.15, 0.2) is 125 Å². The van der Waals surface area contributed by atoms with Gasteiger partial charge in [-0.25, -0.2) is 0 Å². The average Bonchev–Trinajstić information content (AvgIpc) is 2.99. The maximum Gasteiger partial charge on any atom is 0.296 e. The topological polar surface area (TPSA) is 281 Å². The standard InChI is InChI=1S/C28H23N9O7S2/c29-16-6-11-21(20(30)14-16)35-32-18-7-9-19(10-8-18)34-36-26-22(45(39,40)41)12-15-13-23(46(42,43)44)27(28(38)24(15)25(26)31)37-33-17-4-2-1-3-5-17/h1-14,38H,29-31H2,(H,39,40,41)(H,42,43,44). The summed E-state index contributed by atoms with van der Waals surface area (Å²) < 4.78 is 68.9. The summed E-state index contributed by atoms with van der Waals surface area (Å²) in [5, 5.41) is 34.3. The summed E-state index contributed by atoms with van der Waals surface area (Å²) in [6.07, 6.45) is 0. The van der Waals surface area contributed by atoms with Gasteiger partial charge in [0.1, 0.15) is 26.9 Å². The molecule has 234 valence electrons. The Balaban J connectivity index is 1.58. The smallest absolute Gasteiger partial charge is 0.296 e. The van der Waals surface area contributed by atoms with Crippen LogP contribution in [0.4, 0.5) is 51.2 Å². The molecule has 0 aromatic heterocycles. The number of nitrogens with zero attached hydrogens (tertiary/aromatic N) is 6. The maximum atomic E-state index is 12.3. The van der Waals surface area contributed by atoms with Crippen LogP contribution in [0.5, 0.6) is 5.75 Å². The molecule has 0 fully saturated rings. The number of rotatable bonds is 8. The van der Waals surface area contributed by atoms with E-state index in [1.165, 1.54) is 24.3 Å². The number of benzene rings is 5. The van der Waals surface area contributed by atoms with Gasteiger partial charge in [-0.3, -0.25) is 9.11 Å². The van der Waals surface area contributed by atoms with Crippen LogP contribution in [0.2, 0.25) is 0 Å². The number of nitrogens with two attached hydrogens (primary N) is 3. The number of fused-ring (bicyclic) bond motifs is 1. The quantitative estimate of drug-likeness (QED) is 0.0560. The van der Waals surface area contributed by atoms with E-state index in [1.54, 1.807) is 48.5 Å². The Hall–Kier alpha value is -5.82. The van der Waals surface area contributed by atoms with E-state index in [0.717, 1.165) is 12.1 Å². The second-order valence-corrected chi connectivity index (χ2v) is 12.3. The molecule has 9 N–H and O–H groups in total. The molecule has 46 heavy (non-hydrogen) atoms. The SMILES string of the molecule is Nc1ccc(N=Nc2ccc(N=Nc3c(S(=O)(=O)O)cc4cc(S(=O)(=O)O)c(N=Nc5ccccc5)c(O)c4c3N)cc2)c(N)c1. The Morgan fingerprint density at radius 3 is 1.61 bits per heavy atom. The predicted octanol–water partition coefficient (Wildman–Crippen LogP) is 7.03. The van der Waals surface area contributed by atoms with Crippen LogP contribution in [-0.4, -0.2) is 31.0 Å². The van der Waals surface area contributed by atoms with Crippen LogP contribution < -0.4 is 17.2 Å². The summed E-state index contributed by atoms with van der Waals surface area (Å²) in [6.45, 7) is 0. The highest BCUT2D eigenvalue weighted by Gasteiger charge is 2.28. The number of hydrogen-bond donors (Lipinski definition) is 6. The number of hydrogen-bond acceptors (Lipinski definition) is 14. The molecule has 0 atom stereocenters. The Morgan fingerprint density at radius 2 is 1.07 bits per heavy atom. The van der Waals surface area contributed by atoms with Gasteiger partial charge < -0.3 is 22.3 Å². The lowest BCUT2D eigenvalue weighted by Crippen LogP contribution is -2.03. The van der Waals surface area contributed by atoms with Crippen molar-refractivity contribution in [2.45, 2.75) is 9.79 Å². The lowest BCUT2D eigenvalue weighted by molar-refractivity contribution is 0.472. The monoisotopic (exact) mass is 661 g/mol. The Bertz CT molecular complexity index is 2290. The number of aromatic hydroxyl groups is 1. The molecule has 0 aliphatic carbocycles. The van der Waals surface area contributed by atoms with Crippen molar-refractivity contribution < 1.29 is 31.0 Å². The van der Waals surface area contributed by atoms with E-state index in [1.807, 2.05) is 0 Å². The van der Waals surface area contributed by atoms with E-state index >= 15 is 0 Å². The third-order valence-electron chi connectivity index (χ3n) is 6.33. The molecular formula is C28H23N9O7S2. The molecule has 5 rings (SSSR count). The highest BCUT2D eigenvalue weighted by Crippen LogP contribution is 2.48. The molecule has 5 aromatic carbocycles. The molecule has 0 amide bonds. The first-order valence-electron chi connectivity index (χ1n) is 12.8. The highest BCUT2D eigenvalue weighted by atomic mass is 32.2. The van der Waals surface area contributed by atoms with Crippen molar-refractivity contribution in [3.63, 3.8) is 0 Å². The summed E-state index contributed by atoms with van der Waals surface area (Å²) in [7, 11) is -10.1. The van der Waals surface area contributed by atoms with Gasteiger partial charge in [-0.2, -0.15) is 32.2 Å². The van der Waals surface area contributed by atoms with Crippen LogP contribution in [0.1, 0.15) is 0 Å². The Kier molecular flexibility index (Phi) is 8.44. The van der Waals surface area contributed by atoms with E-state index in [0.29, 0.717) is 22.7 Å². The molecule has 0 aliphatic rings. The van der Waals surface area contributed by atoms with Gasteiger partial charge in [0.25, 0.3) is 20.2 Å². The lowest BCUT2D eigenvalue weighted by atomic mass is 10.1. The van der Waals surface area contributed by atoms with Crippen LogP contribution in [-0.2, 0) is 20.2 Å². The summed E-state index contributed by atoms with van der Waals surface area (Å²) in [4.78, 5) is -1.75. The van der Waals surface area contributed by atoms with Gasteiger partial charge >= 0.3 is 0 Å². The highest BCUT2D eigenvalue weighted by molar-refractivity contribution is 7.86. The van der Waals surface area contributed by atoms with E-state index < -0.39 is 52.8 Å². The fourth-order valence-electron chi connectivity index (χ4n) is 4.18. The van der Waals surface area contributed by atoms with Gasteiger partial charge in [0.05, 0.1) is 33.8 Å². The minimum atomic E-state index is -5.03. The molecule has 0 heterocycles. The minimum Gasteiger partial charge on any atom is -0.505 e. The molecule has 0 unspecified atom stereocenters. The second kappa shape index (κ2) is 12.3. The fraction of sp³-hybridized carbons (Fsp3) is 0. The first-order chi connectivity index (χ1) is 21.7. The van der Waals surface area contributed by atoms with Crippen LogP contribution in [0.3, 0.4) is 0 Å². The van der Waals surface area contributed by atoms with Gasteiger partial charge in [0, 0.05) is 5.69 Å². The van der Waals surface area contributed by atoms with Crippen LogP contribution in [0, 0.1) is 0 Å². The zero-order chi connectivity index (χ0) is 33.2. The van der Waals surface area contributed by atoms with Gasteiger partial charge in [0.2, 0.25) is 0 Å². The van der Waals surface area contributed by atoms with E-state index in [2.05, 4.69) is 30.7 Å². The number of nitrogen functional groups attached to an aromatic ring is 3. The van der Waals surface area contributed by atoms with Crippen molar-refractivity contribution in [1.29, 1.82) is 0 Å². The Labute approximate surface area is 261 Å². The molecule has 16 nitrogen and oxygen atoms in total. The largest absolute Gasteiger partial charge is 0.505 e. The molecule has 0 radical (unpaired) electrons. The number of anilines is 3. The summed E-state index contributed by atoms with van der Waals surface area (Å²) >= 11 is 0. The second-order valence-electron chi connectivity index (χ2n) is 9.53. The molecule has 5 aromatic rings. The normalized spacial score (nSPS) is 12.6. The Morgan fingerprint density at radius 1 is 0.565 bits per heavy atom. The van der Waals surface area contributed by atoms with Gasteiger partial charge in [-0.15, -0.1) is 15.3 Å². The summed E-state index contributed by atoms with van der Waals surface area (Å²) in [6, 6.07) is 20.5. The third kappa shape index (κ3) is 6.79. The zero-order valence-corrected chi connectivity index (χ0v) is 24.9. The number of phenols is 1. The van der Waals surface area contributed by atoms with Gasteiger partial charge in [-0.05, 0) is 72.1 Å². The average molecular weight is 662 g/mol. The first kappa shape index (κ1) is 31.6. The van der Waals surface area contributed by atoms with Crippen LogP contribution in [0.25, 0.3) is 10.8 Å². The molecule has 0 aliphatic heterocycles. The molecule has 0 bridgehead atoms. The van der Waals surface area contributed by atoms with Crippen molar-refractivity contribution in [3.8, 4) is 5.75 Å². The van der Waals surface area contributed by atoms with Crippen LogP contribution >= 0.6 is 0 Å². The van der Waals surface area contributed by atoms with Crippen molar-refractivity contribution in [1.82, 2.24) is 0 Å². The maximum absolute atomic E-state index is 12.3. The molecule has 0 spiro atoms. The van der Waals surface area contributed by atoms with E-state index in [-0.39, 0.29) is 22.1 Å². The van der Waals surface area contributed by atoms with Crippen molar-refractivity contribution >= 4 is 82.2 Å². The molecular weight excluding hydrogens is 638 g/mol. The lowest BCUT2D eigenvalue weighted by Gasteiger charge is -2.14. The third-order valence-corrected chi connectivity index (χ3v) is 8.07. The molecule has 0 saturated heterocycles. The zero-order valence-electron chi connectivity index (χ0n) is 23.3. The molecule has 0 saturated carbocycles. The fourth-order valence-corrected chi connectivity index (χ4v) is 5.50. The summed E-state index contributed by atoms with van der Waals surface area (Å²) in [5.74, 6) is -0.864. The van der Waals surface area contributed by atoms with Gasteiger partial charge in [-0.1, -0.05) is 18.2 Å². The van der Waals surface area contributed by atoms with E-state index in [9.17, 15) is 31.0 Å². The van der Waals surface area contributed by atoms with Crippen molar-refractivity contribution in [3.05, 3.63) is 84.9 Å². The molecule has 18 heteroatoms. The number of phenolic OH excluding ortho intramolecular Hbond substituents is 1. The van der Waals surface area contributed by atoms with Crippen molar-refractivity contribution in [2.75, 3.05) is 17.2 Å². The van der Waals surface area contributed by atoms with E-state index in [4.69, 9.17) is 17.2 Å². The van der Waals surface area contributed by atoms with Gasteiger partial charge in [0.15, 0.2) is 5.75 Å². The number of azo groups is 3. The minimum absolute atomic E-state index is 0.204.